The summed E-state index contributed by atoms with van der Waals surface area (Å²) < 4.78 is 5.76. The van der Waals surface area contributed by atoms with Gasteiger partial charge in [0, 0.05) is 30.7 Å². The van der Waals surface area contributed by atoms with Crippen molar-refractivity contribution in [2.24, 2.45) is 5.92 Å². The van der Waals surface area contributed by atoms with E-state index < -0.39 is 5.60 Å². The van der Waals surface area contributed by atoms with Gasteiger partial charge in [0.1, 0.15) is 0 Å². The van der Waals surface area contributed by atoms with Gasteiger partial charge in [-0.3, -0.25) is 9.69 Å². The second-order valence-corrected chi connectivity index (χ2v) is 13.6. The van der Waals surface area contributed by atoms with E-state index in [4.69, 9.17) is 9.72 Å². The second kappa shape index (κ2) is 11.7. The van der Waals surface area contributed by atoms with E-state index >= 15 is 0 Å². The Morgan fingerprint density at radius 2 is 1.90 bits per heavy atom. The molecule has 5 rings (SSSR count). The van der Waals surface area contributed by atoms with Crippen molar-refractivity contribution in [3.63, 3.8) is 0 Å². The van der Waals surface area contributed by atoms with Crippen LogP contribution in [0.25, 0.3) is 21.2 Å². The molecule has 1 saturated heterocycles. The number of nitrogens with zero attached hydrogens (tertiary/aromatic N) is 2. The Morgan fingerprint density at radius 1 is 1.15 bits per heavy atom. The second-order valence-electron chi connectivity index (χ2n) is 12.6. The highest BCUT2D eigenvalue weighted by Gasteiger charge is 2.31. The number of aliphatic hydroxyl groups is 1. The van der Waals surface area contributed by atoms with Crippen molar-refractivity contribution in [2.75, 3.05) is 26.3 Å². The lowest BCUT2D eigenvalue weighted by molar-refractivity contribution is -0.0551. The Balaban J connectivity index is 1.52. The zero-order chi connectivity index (χ0) is 27.6. The number of carbonyl (C=O) groups is 1. The lowest BCUT2D eigenvalue weighted by atomic mass is 9.85. The summed E-state index contributed by atoms with van der Waals surface area (Å²) in [5.41, 5.74) is 2.52. The number of rotatable bonds is 8. The fraction of sp³-hybridized carbons (Fsp3) is 0.562. The smallest absolute Gasteiger partial charge is 0.280 e. The van der Waals surface area contributed by atoms with Gasteiger partial charge in [0.25, 0.3) is 5.91 Å². The van der Waals surface area contributed by atoms with E-state index in [1.807, 2.05) is 0 Å². The fourth-order valence-corrected chi connectivity index (χ4v) is 6.97. The zero-order valence-electron chi connectivity index (χ0n) is 23.9. The summed E-state index contributed by atoms with van der Waals surface area (Å²) in [5, 5.41) is 15.9. The average Bonchev–Trinajstić information content (AvgIpc) is 3.32. The van der Waals surface area contributed by atoms with Crippen LogP contribution in [0.4, 0.5) is 0 Å². The SMILES string of the molecule is CC(C)(O)CNC(=O)c1nc(CC2CCCCC2)c(-c2ccc(CN3CCOCC3(C)C)c3ccccc23)s1. The van der Waals surface area contributed by atoms with Crippen molar-refractivity contribution in [3.8, 4) is 10.4 Å². The molecule has 0 unspecified atom stereocenters. The van der Waals surface area contributed by atoms with E-state index in [1.165, 1.54) is 59.8 Å². The number of hydrogen-bond donors (Lipinski definition) is 2. The van der Waals surface area contributed by atoms with Crippen molar-refractivity contribution >= 4 is 28.0 Å². The van der Waals surface area contributed by atoms with Crippen LogP contribution >= 0.6 is 11.3 Å². The number of amides is 1. The molecule has 3 aromatic rings. The van der Waals surface area contributed by atoms with Gasteiger partial charge >= 0.3 is 0 Å². The molecule has 0 bridgehead atoms. The third kappa shape index (κ3) is 6.71. The van der Waals surface area contributed by atoms with Crippen LogP contribution in [0.15, 0.2) is 36.4 Å². The molecule has 2 fully saturated rings. The molecule has 2 heterocycles. The molecule has 2 N–H and O–H groups in total. The molecule has 2 aliphatic rings. The van der Waals surface area contributed by atoms with Gasteiger partial charge in [-0.15, -0.1) is 11.3 Å². The fourth-order valence-electron chi connectivity index (χ4n) is 5.92. The summed E-state index contributed by atoms with van der Waals surface area (Å²) in [6.07, 6.45) is 7.23. The van der Waals surface area contributed by atoms with E-state index in [0.29, 0.717) is 10.9 Å². The highest BCUT2D eigenvalue weighted by molar-refractivity contribution is 7.17. The molecule has 6 nitrogen and oxygen atoms in total. The Morgan fingerprint density at radius 3 is 2.62 bits per heavy atom. The van der Waals surface area contributed by atoms with Crippen LogP contribution in [0.3, 0.4) is 0 Å². The number of benzene rings is 2. The number of morpholine rings is 1. The summed E-state index contributed by atoms with van der Waals surface area (Å²) in [7, 11) is 0. The largest absolute Gasteiger partial charge is 0.389 e. The van der Waals surface area contributed by atoms with Crippen LogP contribution in [-0.4, -0.2) is 58.3 Å². The van der Waals surface area contributed by atoms with Crippen LogP contribution < -0.4 is 5.32 Å². The summed E-state index contributed by atoms with van der Waals surface area (Å²) in [5.74, 6) is 0.398. The molecule has 1 saturated carbocycles. The van der Waals surface area contributed by atoms with E-state index in [0.717, 1.165) is 48.9 Å². The maximum Gasteiger partial charge on any atom is 0.280 e. The molecule has 1 aliphatic carbocycles. The van der Waals surface area contributed by atoms with Crippen molar-refractivity contribution < 1.29 is 14.6 Å². The van der Waals surface area contributed by atoms with Crippen LogP contribution in [0.1, 0.15) is 80.9 Å². The first-order valence-corrected chi connectivity index (χ1v) is 15.3. The molecule has 39 heavy (non-hydrogen) atoms. The van der Waals surface area contributed by atoms with Crippen molar-refractivity contribution in [2.45, 2.75) is 83.9 Å². The Kier molecular flexibility index (Phi) is 8.43. The highest BCUT2D eigenvalue weighted by Crippen LogP contribution is 2.39. The maximum absolute atomic E-state index is 13.1. The molecule has 0 atom stereocenters. The number of nitrogens with one attached hydrogen (secondary N) is 1. The van der Waals surface area contributed by atoms with Gasteiger partial charge in [-0.2, -0.15) is 0 Å². The van der Waals surface area contributed by atoms with Gasteiger partial charge in [-0.25, -0.2) is 4.98 Å². The van der Waals surface area contributed by atoms with Gasteiger partial charge < -0.3 is 15.2 Å². The monoisotopic (exact) mass is 549 g/mol. The van der Waals surface area contributed by atoms with Crippen LogP contribution in [0.5, 0.6) is 0 Å². The first-order chi connectivity index (χ1) is 18.6. The first kappa shape index (κ1) is 28.2. The van der Waals surface area contributed by atoms with E-state index in [2.05, 4.69) is 60.5 Å². The number of hydrogen-bond acceptors (Lipinski definition) is 6. The third-order valence-corrected chi connectivity index (χ3v) is 9.35. The minimum atomic E-state index is -0.970. The molecule has 1 amide bonds. The number of aromatic nitrogens is 1. The predicted octanol–water partition coefficient (Wildman–Crippen LogP) is 6.20. The molecular weight excluding hydrogens is 506 g/mol. The van der Waals surface area contributed by atoms with Gasteiger partial charge in [-0.1, -0.05) is 68.5 Å². The topological polar surface area (TPSA) is 74.7 Å². The number of ether oxygens (including phenoxy) is 1. The molecule has 1 aromatic heterocycles. The predicted molar refractivity (Wildman–Crippen MR) is 159 cm³/mol. The van der Waals surface area contributed by atoms with Gasteiger partial charge in [-0.05, 0) is 56.4 Å². The normalized spacial score (nSPS) is 18.9. The zero-order valence-corrected chi connectivity index (χ0v) is 24.7. The molecule has 2 aromatic carbocycles. The number of fused-ring (bicyclic) bond motifs is 1. The standard InChI is InChI=1S/C32H43N3O3S/c1-31(2)21-38-17-16-35(31)19-23-14-15-26(25-13-9-8-12-24(23)25)28-27(18-22-10-6-5-7-11-22)34-30(39-28)29(36)33-20-32(3,4)37/h8-9,12-15,22,37H,5-7,10-11,16-21H2,1-4H3,(H,33,36). The Bertz CT molecular complexity index is 1300. The molecule has 7 heteroatoms. The van der Waals surface area contributed by atoms with E-state index in [-0.39, 0.29) is 18.0 Å². The van der Waals surface area contributed by atoms with Crippen LogP contribution in [0.2, 0.25) is 0 Å². The summed E-state index contributed by atoms with van der Waals surface area (Å²) in [4.78, 5) is 21.6. The lowest BCUT2D eigenvalue weighted by Gasteiger charge is -2.42. The summed E-state index contributed by atoms with van der Waals surface area (Å²) in [6.45, 7) is 11.4. The highest BCUT2D eigenvalue weighted by atomic mass is 32.1. The van der Waals surface area contributed by atoms with Gasteiger partial charge in [0.15, 0.2) is 5.01 Å². The van der Waals surface area contributed by atoms with Gasteiger partial charge in [0.05, 0.1) is 29.4 Å². The molecular formula is C32H43N3O3S. The van der Waals surface area contributed by atoms with Crippen molar-refractivity contribution in [1.82, 2.24) is 15.2 Å². The van der Waals surface area contributed by atoms with E-state index in [9.17, 15) is 9.90 Å². The van der Waals surface area contributed by atoms with Crippen LogP contribution in [-0.2, 0) is 17.7 Å². The quantitative estimate of drug-likeness (QED) is 0.350. The Hall–Kier alpha value is -2.32. The number of thiazole rings is 1. The van der Waals surface area contributed by atoms with Crippen molar-refractivity contribution in [1.29, 1.82) is 0 Å². The summed E-state index contributed by atoms with van der Waals surface area (Å²) in [6, 6.07) is 13.2. The summed E-state index contributed by atoms with van der Waals surface area (Å²) >= 11 is 1.48. The lowest BCUT2D eigenvalue weighted by Crippen LogP contribution is -2.52. The molecule has 1 aliphatic heterocycles. The minimum Gasteiger partial charge on any atom is -0.389 e. The number of carbonyl (C=O) groups excluding carboxylic acids is 1. The Labute approximate surface area is 236 Å². The molecule has 0 spiro atoms. The van der Waals surface area contributed by atoms with Gasteiger partial charge in [0.2, 0.25) is 0 Å². The minimum absolute atomic E-state index is 0.00569. The maximum atomic E-state index is 13.1. The van der Waals surface area contributed by atoms with Crippen LogP contribution in [0, 0.1) is 5.92 Å². The molecule has 0 radical (unpaired) electrons. The average molecular weight is 550 g/mol. The third-order valence-electron chi connectivity index (χ3n) is 8.22. The first-order valence-electron chi connectivity index (χ1n) is 14.4. The van der Waals surface area contributed by atoms with Crippen molar-refractivity contribution in [3.05, 3.63) is 52.7 Å². The van der Waals surface area contributed by atoms with E-state index in [1.54, 1.807) is 13.8 Å². The molecule has 210 valence electrons.